The lowest BCUT2D eigenvalue weighted by Gasteiger charge is -2.23. The predicted octanol–water partition coefficient (Wildman–Crippen LogP) is 3.82. The van der Waals surface area contributed by atoms with Crippen LogP contribution in [0, 0.1) is 6.92 Å². The highest BCUT2D eigenvalue weighted by atomic mass is 32.1. The summed E-state index contributed by atoms with van der Waals surface area (Å²) in [5.74, 6) is -2.12. The van der Waals surface area contributed by atoms with Crippen molar-refractivity contribution in [1.82, 2.24) is 9.97 Å². The number of hydrogen-bond donors (Lipinski definition) is 1. The summed E-state index contributed by atoms with van der Waals surface area (Å²) in [6.07, 6.45) is 4.38. The Labute approximate surface area is 205 Å². The van der Waals surface area contributed by atoms with E-state index in [1.807, 2.05) is 0 Å². The average molecular weight is 492 g/mol. The highest BCUT2D eigenvalue weighted by Crippen LogP contribution is 2.44. The second kappa shape index (κ2) is 9.90. The maximum absolute atomic E-state index is 13.3. The van der Waals surface area contributed by atoms with Gasteiger partial charge in [-0.2, -0.15) is 0 Å². The van der Waals surface area contributed by atoms with Gasteiger partial charge in [-0.1, -0.05) is 36.1 Å². The first kappa shape index (κ1) is 23.8. The van der Waals surface area contributed by atoms with Crippen molar-refractivity contribution >= 4 is 39.9 Å². The second-order valence-electron chi connectivity index (χ2n) is 7.48. The van der Waals surface area contributed by atoms with Crippen molar-refractivity contribution in [3.8, 4) is 5.75 Å². The van der Waals surface area contributed by atoms with Gasteiger partial charge in [0.2, 0.25) is 0 Å². The van der Waals surface area contributed by atoms with E-state index in [0.29, 0.717) is 22.6 Å². The Hall–Kier alpha value is -4.31. The second-order valence-corrected chi connectivity index (χ2v) is 8.45. The SMILES string of the molecule is C=CCOC(=O)c1sc(N2C(=O)C(=O)C(=C(O)c3ccncc3)C2c2ccc(OC)cc2)nc1C. The number of ketones is 1. The molecule has 0 bridgehead atoms. The first-order chi connectivity index (χ1) is 16.9. The molecule has 1 fully saturated rings. The van der Waals surface area contributed by atoms with Crippen LogP contribution in [0.5, 0.6) is 5.75 Å². The van der Waals surface area contributed by atoms with E-state index in [-0.39, 0.29) is 27.9 Å². The lowest BCUT2D eigenvalue weighted by atomic mass is 9.95. The zero-order valence-corrected chi connectivity index (χ0v) is 19.7. The molecule has 178 valence electrons. The summed E-state index contributed by atoms with van der Waals surface area (Å²) < 4.78 is 10.3. The van der Waals surface area contributed by atoms with E-state index in [1.54, 1.807) is 31.2 Å². The van der Waals surface area contributed by atoms with Crippen molar-refractivity contribution < 1.29 is 29.0 Å². The zero-order valence-electron chi connectivity index (χ0n) is 18.9. The summed E-state index contributed by atoms with van der Waals surface area (Å²) in [5.41, 5.74) is 1.13. The third-order valence-electron chi connectivity index (χ3n) is 5.34. The Morgan fingerprint density at radius 1 is 1.20 bits per heavy atom. The monoisotopic (exact) mass is 491 g/mol. The number of anilines is 1. The minimum atomic E-state index is -0.989. The number of benzene rings is 1. The third kappa shape index (κ3) is 4.43. The smallest absolute Gasteiger partial charge is 0.350 e. The minimum absolute atomic E-state index is 0.0216. The first-order valence-corrected chi connectivity index (χ1v) is 11.3. The van der Waals surface area contributed by atoms with Crippen LogP contribution in [-0.4, -0.2) is 46.5 Å². The van der Waals surface area contributed by atoms with Gasteiger partial charge in [0.25, 0.3) is 5.78 Å². The molecule has 0 spiro atoms. The number of hydrogen-bond acceptors (Lipinski definition) is 9. The van der Waals surface area contributed by atoms with E-state index in [9.17, 15) is 19.5 Å². The molecule has 1 amide bonds. The fourth-order valence-corrected chi connectivity index (χ4v) is 4.66. The molecule has 9 nitrogen and oxygen atoms in total. The number of thiazole rings is 1. The molecule has 4 rings (SSSR count). The number of ether oxygens (including phenoxy) is 2. The zero-order chi connectivity index (χ0) is 25.1. The lowest BCUT2D eigenvalue weighted by Crippen LogP contribution is -2.29. The minimum Gasteiger partial charge on any atom is -0.507 e. The van der Waals surface area contributed by atoms with Crippen molar-refractivity contribution in [2.45, 2.75) is 13.0 Å². The van der Waals surface area contributed by atoms with Gasteiger partial charge in [-0.15, -0.1) is 0 Å². The number of aliphatic hydroxyl groups excluding tert-OH is 1. The van der Waals surface area contributed by atoms with E-state index in [4.69, 9.17) is 9.47 Å². The fraction of sp³-hybridized carbons (Fsp3) is 0.160. The Bertz CT molecular complexity index is 1330. The number of rotatable bonds is 7. The molecule has 10 heteroatoms. The molecular weight excluding hydrogens is 470 g/mol. The van der Waals surface area contributed by atoms with E-state index < -0.39 is 23.7 Å². The summed E-state index contributed by atoms with van der Waals surface area (Å²) >= 11 is 0.931. The summed E-state index contributed by atoms with van der Waals surface area (Å²) in [7, 11) is 1.52. The van der Waals surface area contributed by atoms with E-state index in [2.05, 4.69) is 16.5 Å². The molecule has 1 saturated heterocycles. The normalized spacial score (nSPS) is 16.9. The molecule has 0 radical (unpaired) electrons. The summed E-state index contributed by atoms with van der Waals surface area (Å²) in [6, 6.07) is 8.85. The summed E-state index contributed by atoms with van der Waals surface area (Å²) in [4.78, 5) is 48.6. The molecule has 3 aromatic rings. The molecule has 1 N–H and O–H groups in total. The van der Waals surface area contributed by atoms with Crippen molar-refractivity contribution in [3.63, 3.8) is 0 Å². The maximum atomic E-state index is 13.3. The van der Waals surface area contributed by atoms with Gasteiger partial charge in [0.05, 0.1) is 24.4 Å². The fourth-order valence-electron chi connectivity index (χ4n) is 3.67. The van der Waals surface area contributed by atoms with Crippen LogP contribution in [0.3, 0.4) is 0 Å². The van der Waals surface area contributed by atoms with Gasteiger partial charge < -0.3 is 14.6 Å². The van der Waals surface area contributed by atoms with Crippen LogP contribution in [0.4, 0.5) is 5.13 Å². The third-order valence-corrected chi connectivity index (χ3v) is 6.48. The van der Waals surface area contributed by atoms with Crippen LogP contribution in [0.15, 0.2) is 67.0 Å². The topological polar surface area (TPSA) is 119 Å². The average Bonchev–Trinajstić information content (AvgIpc) is 3.39. The molecule has 2 aromatic heterocycles. The van der Waals surface area contributed by atoms with Crippen LogP contribution in [0.1, 0.15) is 32.5 Å². The molecule has 1 unspecified atom stereocenters. The molecule has 0 saturated carbocycles. The van der Waals surface area contributed by atoms with Gasteiger partial charge in [-0.25, -0.2) is 9.78 Å². The van der Waals surface area contributed by atoms with E-state index >= 15 is 0 Å². The maximum Gasteiger partial charge on any atom is 0.350 e. The standard InChI is InChI=1S/C25H21N3O6S/c1-4-13-34-24(32)22-14(2)27-25(35-22)28-19(15-5-7-17(33-3)8-6-15)18(21(30)23(28)31)20(29)16-9-11-26-12-10-16/h4-12,19,29H,1,13H2,2-3H3. The van der Waals surface area contributed by atoms with Gasteiger partial charge in [-0.05, 0) is 36.8 Å². The van der Waals surface area contributed by atoms with E-state index in [1.165, 1.54) is 42.6 Å². The number of nitrogens with zero attached hydrogens (tertiary/aromatic N) is 3. The summed E-state index contributed by atoms with van der Waals surface area (Å²) in [6.45, 7) is 5.15. The largest absolute Gasteiger partial charge is 0.507 e. The number of Topliss-reactive ketones (excluding diaryl/α,β-unsaturated/α-hetero) is 1. The molecule has 3 heterocycles. The highest BCUT2D eigenvalue weighted by molar-refractivity contribution is 7.17. The number of methoxy groups -OCH3 is 1. The Morgan fingerprint density at radius 2 is 1.89 bits per heavy atom. The summed E-state index contributed by atoms with van der Waals surface area (Å²) in [5, 5.41) is 11.2. The quantitative estimate of drug-likeness (QED) is 0.174. The molecule has 1 aromatic carbocycles. The first-order valence-electron chi connectivity index (χ1n) is 10.5. The van der Waals surface area contributed by atoms with Gasteiger partial charge in [-0.3, -0.25) is 19.5 Å². The van der Waals surface area contributed by atoms with Crippen molar-refractivity contribution in [1.29, 1.82) is 0 Å². The molecular formula is C25H21N3O6S. The molecule has 35 heavy (non-hydrogen) atoms. The van der Waals surface area contributed by atoms with Crippen LogP contribution < -0.4 is 9.64 Å². The number of carbonyl (C=O) groups is 3. The number of aryl methyl sites for hydroxylation is 1. The highest BCUT2D eigenvalue weighted by Gasteiger charge is 2.48. The molecule has 1 aliphatic rings. The Morgan fingerprint density at radius 3 is 2.51 bits per heavy atom. The van der Waals surface area contributed by atoms with Gasteiger partial charge in [0.15, 0.2) is 5.13 Å². The number of carbonyl (C=O) groups excluding carboxylic acids is 3. The number of aliphatic hydroxyl groups is 1. The van der Waals surface area contributed by atoms with Gasteiger partial charge >= 0.3 is 11.9 Å². The van der Waals surface area contributed by atoms with Crippen LogP contribution >= 0.6 is 11.3 Å². The van der Waals surface area contributed by atoms with Crippen molar-refractivity contribution in [3.05, 3.63) is 88.7 Å². The van der Waals surface area contributed by atoms with Gasteiger partial charge in [0.1, 0.15) is 23.0 Å². The molecule has 1 aliphatic heterocycles. The number of amides is 1. The van der Waals surface area contributed by atoms with Crippen molar-refractivity contribution in [2.75, 3.05) is 18.6 Å². The van der Waals surface area contributed by atoms with Crippen LogP contribution in [-0.2, 0) is 14.3 Å². The Balaban J connectivity index is 1.87. The Kier molecular flexibility index (Phi) is 6.74. The molecule has 0 aliphatic carbocycles. The van der Waals surface area contributed by atoms with Gasteiger partial charge in [0, 0.05) is 18.0 Å². The van der Waals surface area contributed by atoms with E-state index in [0.717, 1.165) is 11.3 Å². The van der Waals surface area contributed by atoms with Crippen LogP contribution in [0.25, 0.3) is 5.76 Å². The van der Waals surface area contributed by atoms with Crippen molar-refractivity contribution in [2.24, 2.45) is 0 Å². The predicted molar refractivity (Wildman–Crippen MR) is 129 cm³/mol. The number of esters is 1. The lowest BCUT2D eigenvalue weighted by molar-refractivity contribution is -0.132. The number of aromatic nitrogens is 2. The number of pyridine rings is 1. The van der Waals surface area contributed by atoms with Crippen LogP contribution in [0.2, 0.25) is 0 Å². The molecule has 1 atom stereocenters.